The molecule has 114 valence electrons. The Balaban J connectivity index is 2.14. The summed E-state index contributed by atoms with van der Waals surface area (Å²) in [7, 11) is 0. The van der Waals surface area contributed by atoms with Crippen molar-refractivity contribution in [2.45, 2.75) is 13.0 Å². The lowest BCUT2D eigenvalue weighted by molar-refractivity contribution is -0.142. The molecule has 1 aliphatic rings. The van der Waals surface area contributed by atoms with Gasteiger partial charge < -0.3 is 4.74 Å². The van der Waals surface area contributed by atoms with Gasteiger partial charge in [0, 0.05) is 33.9 Å². The molecule has 0 aliphatic heterocycles. The van der Waals surface area contributed by atoms with E-state index in [9.17, 15) is 14.4 Å². The number of benzene rings is 2. The average molecular weight is 306 g/mol. The Kier molecular flexibility index (Phi) is 3.66. The van der Waals surface area contributed by atoms with Crippen LogP contribution in [0.15, 0.2) is 55.1 Å². The van der Waals surface area contributed by atoms with Gasteiger partial charge in [0.1, 0.15) is 6.10 Å². The minimum absolute atomic E-state index is 0.195. The van der Waals surface area contributed by atoms with Gasteiger partial charge in [0.05, 0.1) is 0 Å². The van der Waals surface area contributed by atoms with Crippen LogP contribution < -0.4 is 0 Å². The molecule has 4 heteroatoms. The smallest absolute Gasteiger partial charge is 0.330 e. The van der Waals surface area contributed by atoms with Gasteiger partial charge in [0.2, 0.25) is 0 Å². The van der Waals surface area contributed by atoms with Crippen LogP contribution in [0.1, 0.15) is 50.4 Å². The van der Waals surface area contributed by atoms with E-state index in [1.165, 1.54) is 0 Å². The van der Waals surface area contributed by atoms with Crippen LogP contribution in [-0.2, 0) is 9.53 Å². The summed E-state index contributed by atoms with van der Waals surface area (Å²) in [5, 5.41) is 0. The Bertz CT molecular complexity index is 848. The molecule has 2 aromatic carbocycles. The second kappa shape index (κ2) is 5.65. The summed E-state index contributed by atoms with van der Waals surface area (Å²) in [5.74, 6) is -1.00. The third kappa shape index (κ3) is 2.38. The lowest BCUT2D eigenvalue weighted by Gasteiger charge is -2.22. The largest absolute Gasteiger partial charge is 0.455 e. The molecule has 1 unspecified atom stereocenters. The molecule has 0 saturated carbocycles. The normalized spacial score (nSPS) is 13.8. The second-order valence-corrected chi connectivity index (χ2v) is 5.26. The number of rotatable bonds is 3. The highest BCUT2D eigenvalue weighted by molar-refractivity contribution is 6.28. The van der Waals surface area contributed by atoms with Crippen LogP contribution in [0.2, 0.25) is 0 Å². The van der Waals surface area contributed by atoms with E-state index in [2.05, 4.69) is 6.58 Å². The number of ketones is 2. The van der Waals surface area contributed by atoms with Crippen molar-refractivity contribution >= 4 is 17.5 Å². The molecule has 1 aliphatic carbocycles. The summed E-state index contributed by atoms with van der Waals surface area (Å²) < 4.78 is 5.20. The standard InChI is InChI=1S/C19H14O4/c1-3-16(20)23-11(2)12-9-6-10-15-17(12)19(22)14-8-5-4-7-13(14)18(15)21/h3-11H,1H2,2H3. The predicted molar refractivity (Wildman–Crippen MR) is 84.5 cm³/mol. The molecular formula is C19H14O4. The molecule has 2 aromatic rings. The molecule has 0 saturated heterocycles. The number of esters is 1. The first-order valence-electron chi connectivity index (χ1n) is 7.19. The number of carbonyl (C=O) groups excluding carboxylic acids is 3. The number of fused-ring (bicyclic) bond motifs is 2. The van der Waals surface area contributed by atoms with E-state index < -0.39 is 12.1 Å². The van der Waals surface area contributed by atoms with Gasteiger partial charge in [-0.3, -0.25) is 9.59 Å². The van der Waals surface area contributed by atoms with Crippen molar-refractivity contribution in [2.75, 3.05) is 0 Å². The maximum atomic E-state index is 12.8. The highest BCUT2D eigenvalue weighted by atomic mass is 16.5. The van der Waals surface area contributed by atoms with E-state index >= 15 is 0 Å². The Hall–Kier alpha value is -3.01. The molecule has 1 atom stereocenters. The quantitative estimate of drug-likeness (QED) is 0.550. The number of hydrogen-bond acceptors (Lipinski definition) is 4. The fraction of sp³-hybridized carbons (Fsp3) is 0.105. The first-order valence-corrected chi connectivity index (χ1v) is 7.19. The van der Waals surface area contributed by atoms with Crippen LogP contribution in [0.4, 0.5) is 0 Å². The van der Waals surface area contributed by atoms with Gasteiger partial charge in [-0.15, -0.1) is 0 Å². The third-order valence-corrected chi connectivity index (χ3v) is 3.88. The fourth-order valence-electron chi connectivity index (χ4n) is 2.80. The Morgan fingerprint density at radius 3 is 2.26 bits per heavy atom. The zero-order chi connectivity index (χ0) is 16.6. The molecule has 4 nitrogen and oxygen atoms in total. The molecule has 0 N–H and O–H groups in total. The van der Waals surface area contributed by atoms with Gasteiger partial charge in [0.15, 0.2) is 11.6 Å². The van der Waals surface area contributed by atoms with Crippen LogP contribution in [-0.4, -0.2) is 17.5 Å². The summed E-state index contributed by atoms with van der Waals surface area (Å²) in [6, 6.07) is 11.7. The van der Waals surface area contributed by atoms with Crippen molar-refractivity contribution in [1.29, 1.82) is 0 Å². The van der Waals surface area contributed by atoms with Crippen molar-refractivity contribution in [3.8, 4) is 0 Å². The summed E-state index contributed by atoms with van der Waals surface area (Å²) in [6.07, 6.45) is 0.409. The van der Waals surface area contributed by atoms with Crippen LogP contribution in [0.25, 0.3) is 0 Å². The summed E-state index contributed by atoms with van der Waals surface area (Å²) in [4.78, 5) is 36.9. The van der Waals surface area contributed by atoms with E-state index in [1.807, 2.05) is 0 Å². The highest BCUT2D eigenvalue weighted by Gasteiger charge is 2.32. The fourth-order valence-corrected chi connectivity index (χ4v) is 2.80. The SMILES string of the molecule is C=CC(=O)OC(C)c1cccc2c1C(=O)c1ccccc1C2=O. The Labute approximate surface area is 133 Å². The minimum atomic E-state index is -0.655. The third-order valence-electron chi connectivity index (χ3n) is 3.88. The van der Waals surface area contributed by atoms with Crippen LogP contribution >= 0.6 is 0 Å². The first-order chi connectivity index (χ1) is 11.0. The predicted octanol–water partition coefficient (Wildman–Crippen LogP) is 3.25. The first kappa shape index (κ1) is 14.9. The molecule has 0 heterocycles. The van der Waals surface area contributed by atoms with Crippen LogP contribution in [0.5, 0.6) is 0 Å². The van der Waals surface area contributed by atoms with Gasteiger partial charge in [-0.1, -0.05) is 49.0 Å². The molecule has 0 spiro atoms. The Morgan fingerprint density at radius 2 is 1.61 bits per heavy atom. The summed E-state index contributed by atoms with van der Waals surface area (Å²) in [6.45, 7) is 5.02. The molecule has 23 heavy (non-hydrogen) atoms. The van der Waals surface area contributed by atoms with Crippen molar-refractivity contribution in [3.63, 3.8) is 0 Å². The van der Waals surface area contributed by atoms with E-state index in [4.69, 9.17) is 4.74 Å². The van der Waals surface area contributed by atoms with E-state index in [1.54, 1.807) is 49.4 Å². The molecular weight excluding hydrogens is 292 g/mol. The van der Waals surface area contributed by atoms with Crippen molar-refractivity contribution < 1.29 is 19.1 Å². The van der Waals surface area contributed by atoms with Gasteiger partial charge in [-0.05, 0) is 6.92 Å². The minimum Gasteiger partial charge on any atom is -0.455 e. The zero-order valence-corrected chi connectivity index (χ0v) is 12.5. The lowest BCUT2D eigenvalue weighted by Crippen LogP contribution is -2.23. The van der Waals surface area contributed by atoms with Crippen molar-refractivity contribution in [1.82, 2.24) is 0 Å². The van der Waals surface area contributed by atoms with E-state index in [0.717, 1.165) is 6.08 Å². The van der Waals surface area contributed by atoms with Gasteiger partial charge in [0.25, 0.3) is 0 Å². The Morgan fingerprint density at radius 1 is 1.00 bits per heavy atom. The molecule has 0 fully saturated rings. The van der Waals surface area contributed by atoms with Gasteiger partial charge in [-0.25, -0.2) is 4.79 Å². The summed E-state index contributed by atoms with van der Waals surface area (Å²) in [5.41, 5.74) is 1.94. The van der Waals surface area contributed by atoms with Gasteiger partial charge in [-0.2, -0.15) is 0 Å². The van der Waals surface area contributed by atoms with E-state index in [0.29, 0.717) is 27.8 Å². The van der Waals surface area contributed by atoms with Crippen LogP contribution in [0.3, 0.4) is 0 Å². The topological polar surface area (TPSA) is 60.4 Å². The monoisotopic (exact) mass is 306 g/mol. The number of hydrogen-bond donors (Lipinski definition) is 0. The molecule has 3 rings (SSSR count). The number of ether oxygens (including phenoxy) is 1. The maximum Gasteiger partial charge on any atom is 0.330 e. The maximum absolute atomic E-state index is 12.8. The lowest BCUT2D eigenvalue weighted by atomic mass is 9.81. The van der Waals surface area contributed by atoms with Gasteiger partial charge >= 0.3 is 5.97 Å². The van der Waals surface area contributed by atoms with Crippen molar-refractivity contribution in [3.05, 3.63) is 82.9 Å². The highest BCUT2D eigenvalue weighted by Crippen LogP contribution is 2.33. The van der Waals surface area contributed by atoms with Crippen LogP contribution in [0, 0.1) is 0 Å². The average Bonchev–Trinajstić information content (AvgIpc) is 2.58. The summed E-state index contributed by atoms with van der Waals surface area (Å²) >= 11 is 0. The zero-order valence-electron chi connectivity index (χ0n) is 12.5. The van der Waals surface area contributed by atoms with Crippen molar-refractivity contribution in [2.24, 2.45) is 0 Å². The van der Waals surface area contributed by atoms with E-state index in [-0.39, 0.29) is 11.6 Å². The molecule has 0 amide bonds. The molecule has 0 bridgehead atoms. The second-order valence-electron chi connectivity index (χ2n) is 5.26. The molecule has 0 aromatic heterocycles. The number of carbonyl (C=O) groups is 3. The molecule has 0 radical (unpaired) electrons.